The molecule has 0 amide bonds. The van der Waals surface area contributed by atoms with E-state index in [1.165, 1.54) is 5.56 Å². The minimum Gasteiger partial charge on any atom is -0.207 e. The number of hydrogen-bond donors (Lipinski definition) is 0. The van der Waals surface area contributed by atoms with Gasteiger partial charge in [-0.25, -0.2) is 4.39 Å². The third-order valence-electron chi connectivity index (χ3n) is 5.02. The van der Waals surface area contributed by atoms with Crippen molar-refractivity contribution in [3.63, 3.8) is 0 Å². The van der Waals surface area contributed by atoms with Crippen molar-refractivity contribution in [1.82, 2.24) is 0 Å². The maximum absolute atomic E-state index is 15.0. The number of hydrogen-bond acceptors (Lipinski definition) is 2. The van der Waals surface area contributed by atoms with E-state index in [2.05, 4.69) is 48.6 Å². The third-order valence-corrected chi connectivity index (χ3v) is 8.52. The van der Waals surface area contributed by atoms with Gasteiger partial charge in [-0.2, -0.15) is 0 Å². The summed E-state index contributed by atoms with van der Waals surface area (Å²) in [4.78, 5) is 0. The quantitative estimate of drug-likeness (QED) is 0.434. The Labute approximate surface area is 175 Å². The topological polar surface area (TPSA) is 0 Å². The highest BCUT2D eigenvalue weighted by Gasteiger charge is 2.44. The zero-order chi connectivity index (χ0) is 19.2. The molecule has 3 aromatic carbocycles. The number of thioether (sulfide) groups is 2. The van der Waals surface area contributed by atoms with Crippen LogP contribution in [-0.4, -0.2) is 11.5 Å². The molecule has 0 N–H and O–H groups in total. The Hall–Kier alpha value is -1.97. The second kappa shape index (κ2) is 9.02. The van der Waals surface area contributed by atoms with Gasteiger partial charge in [0, 0.05) is 11.5 Å². The molecule has 1 aliphatic heterocycles. The average Bonchev–Trinajstić information content (AvgIpc) is 2.76. The Morgan fingerprint density at radius 1 is 0.786 bits per heavy atom. The lowest BCUT2D eigenvalue weighted by Gasteiger charge is -2.42. The molecule has 3 heteroatoms. The molecule has 0 saturated carbocycles. The van der Waals surface area contributed by atoms with Crippen molar-refractivity contribution in [2.75, 3.05) is 11.5 Å². The van der Waals surface area contributed by atoms with Crippen LogP contribution >= 0.6 is 23.5 Å². The minimum absolute atomic E-state index is 0.0705. The highest BCUT2D eigenvalue weighted by atomic mass is 32.2. The molecule has 1 saturated heterocycles. The molecule has 1 heterocycles. The molecule has 0 bridgehead atoms. The fourth-order valence-corrected chi connectivity index (χ4v) is 7.31. The first-order chi connectivity index (χ1) is 13.8. The summed E-state index contributed by atoms with van der Waals surface area (Å²) in [6.45, 7) is 0. The van der Waals surface area contributed by atoms with Gasteiger partial charge in [-0.3, -0.25) is 0 Å². The maximum atomic E-state index is 15.0. The summed E-state index contributed by atoms with van der Waals surface area (Å²) >= 11 is 3.78. The molecule has 1 atom stereocenters. The van der Waals surface area contributed by atoms with Gasteiger partial charge in [0.1, 0.15) is 5.82 Å². The Morgan fingerprint density at radius 2 is 1.39 bits per heavy atom. The van der Waals surface area contributed by atoms with E-state index >= 15 is 4.39 Å². The first-order valence-corrected chi connectivity index (χ1v) is 11.6. The summed E-state index contributed by atoms with van der Waals surface area (Å²) in [6.07, 6.45) is 5.61. The molecular weight excluding hydrogens is 383 g/mol. The van der Waals surface area contributed by atoms with Crippen LogP contribution in [0.4, 0.5) is 4.39 Å². The molecule has 0 spiro atoms. The molecule has 1 fully saturated rings. The number of halogens is 1. The van der Waals surface area contributed by atoms with Gasteiger partial charge in [0.25, 0.3) is 0 Å². The zero-order valence-electron chi connectivity index (χ0n) is 15.6. The summed E-state index contributed by atoms with van der Waals surface area (Å²) in [5.74, 6) is 2.05. The van der Waals surface area contributed by atoms with E-state index in [4.69, 9.17) is 0 Å². The van der Waals surface area contributed by atoms with E-state index in [9.17, 15) is 0 Å². The van der Waals surface area contributed by atoms with Gasteiger partial charge >= 0.3 is 0 Å². The van der Waals surface area contributed by atoms with Gasteiger partial charge in [0.15, 0.2) is 0 Å². The largest absolute Gasteiger partial charge is 0.207 e. The van der Waals surface area contributed by atoms with Crippen molar-refractivity contribution in [3.05, 3.63) is 114 Å². The second-order valence-corrected chi connectivity index (χ2v) is 9.80. The molecule has 0 aliphatic carbocycles. The molecule has 4 rings (SSSR count). The molecule has 0 nitrogen and oxygen atoms in total. The van der Waals surface area contributed by atoms with Crippen molar-refractivity contribution >= 4 is 29.6 Å². The van der Waals surface area contributed by atoms with Crippen LogP contribution in [0.1, 0.15) is 29.0 Å². The van der Waals surface area contributed by atoms with E-state index in [-0.39, 0.29) is 15.8 Å². The third kappa shape index (κ3) is 4.06. The maximum Gasteiger partial charge on any atom is 0.128 e. The van der Waals surface area contributed by atoms with Gasteiger partial charge in [0.2, 0.25) is 0 Å². The standard InChI is InChI=1S/C25H23FS2/c26-24-15-8-7-14-23(24)25(27-18-9-19-28-25)22(21-12-5-2-6-13-21)17-16-20-10-3-1-4-11-20/h1-8,10-17,22H,9,18-19H2/b17-16+/t22-/m0/s1. The summed E-state index contributed by atoms with van der Waals surface area (Å²) in [5, 5.41) is 0. The minimum atomic E-state index is -0.365. The van der Waals surface area contributed by atoms with Crippen LogP contribution < -0.4 is 0 Å². The molecule has 28 heavy (non-hydrogen) atoms. The Morgan fingerprint density at radius 3 is 2.07 bits per heavy atom. The summed E-state index contributed by atoms with van der Waals surface area (Å²) in [7, 11) is 0. The number of rotatable bonds is 5. The summed E-state index contributed by atoms with van der Waals surface area (Å²) in [6, 6.07) is 28.2. The molecule has 142 valence electrons. The molecule has 3 aromatic rings. The lowest BCUT2D eigenvalue weighted by molar-refractivity contribution is 0.591. The van der Waals surface area contributed by atoms with Gasteiger partial charge in [-0.15, -0.1) is 23.5 Å². The average molecular weight is 407 g/mol. The van der Waals surface area contributed by atoms with Crippen LogP contribution in [0.3, 0.4) is 0 Å². The highest BCUT2D eigenvalue weighted by molar-refractivity contribution is 8.18. The fraction of sp³-hybridized carbons (Fsp3) is 0.200. The molecule has 0 aromatic heterocycles. The van der Waals surface area contributed by atoms with Gasteiger partial charge in [-0.1, -0.05) is 91.0 Å². The lowest BCUT2D eigenvalue weighted by atomic mass is 9.89. The van der Waals surface area contributed by atoms with Crippen LogP contribution in [0.25, 0.3) is 6.08 Å². The van der Waals surface area contributed by atoms with Crippen molar-refractivity contribution in [2.24, 2.45) is 0 Å². The van der Waals surface area contributed by atoms with E-state index < -0.39 is 0 Å². The number of allylic oxidation sites excluding steroid dienone is 1. The van der Waals surface area contributed by atoms with Crippen molar-refractivity contribution < 1.29 is 4.39 Å². The smallest absolute Gasteiger partial charge is 0.128 e. The van der Waals surface area contributed by atoms with Gasteiger partial charge in [0.05, 0.1) is 4.08 Å². The van der Waals surface area contributed by atoms with Crippen LogP contribution in [0.2, 0.25) is 0 Å². The van der Waals surface area contributed by atoms with Crippen LogP contribution in [0.15, 0.2) is 91.0 Å². The van der Waals surface area contributed by atoms with Crippen LogP contribution in [0, 0.1) is 5.82 Å². The molecular formula is C25H23FS2. The molecule has 1 aliphatic rings. The summed E-state index contributed by atoms with van der Waals surface area (Å²) in [5.41, 5.74) is 3.19. The van der Waals surface area contributed by atoms with E-state index in [1.54, 1.807) is 12.1 Å². The van der Waals surface area contributed by atoms with Gasteiger partial charge in [-0.05, 0) is 35.1 Å². The monoisotopic (exact) mass is 406 g/mol. The second-order valence-electron chi connectivity index (χ2n) is 6.86. The number of benzene rings is 3. The zero-order valence-corrected chi connectivity index (χ0v) is 17.3. The first kappa shape index (κ1) is 19.4. The summed E-state index contributed by atoms with van der Waals surface area (Å²) < 4.78 is 14.6. The van der Waals surface area contributed by atoms with Crippen LogP contribution in [-0.2, 0) is 4.08 Å². The predicted octanol–water partition coefficient (Wildman–Crippen LogP) is 7.35. The molecule has 0 unspecified atom stereocenters. The lowest BCUT2D eigenvalue weighted by Crippen LogP contribution is -2.30. The molecule has 0 radical (unpaired) electrons. The normalized spacial score (nSPS) is 17.5. The van der Waals surface area contributed by atoms with E-state index in [1.807, 2.05) is 59.9 Å². The Bertz CT molecular complexity index is 916. The SMILES string of the molecule is Fc1ccccc1C1([C@@H](/C=C/c2ccccc2)c2ccccc2)SCCCS1. The van der Waals surface area contributed by atoms with E-state index in [0.29, 0.717) is 0 Å². The van der Waals surface area contributed by atoms with Crippen LogP contribution in [0.5, 0.6) is 0 Å². The van der Waals surface area contributed by atoms with E-state index in [0.717, 1.165) is 29.1 Å². The van der Waals surface area contributed by atoms with Gasteiger partial charge < -0.3 is 0 Å². The van der Waals surface area contributed by atoms with Crippen molar-refractivity contribution in [1.29, 1.82) is 0 Å². The van der Waals surface area contributed by atoms with Crippen molar-refractivity contribution in [2.45, 2.75) is 16.4 Å². The predicted molar refractivity (Wildman–Crippen MR) is 122 cm³/mol. The Balaban J connectivity index is 1.84. The Kier molecular flexibility index (Phi) is 6.23. The van der Waals surface area contributed by atoms with Crippen molar-refractivity contribution in [3.8, 4) is 0 Å². The first-order valence-electron chi connectivity index (χ1n) is 9.61. The highest BCUT2D eigenvalue weighted by Crippen LogP contribution is 2.59. The fourth-order valence-electron chi connectivity index (χ4n) is 3.68.